The van der Waals surface area contributed by atoms with E-state index in [4.69, 9.17) is 4.74 Å². The molecule has 0 unspecified atom stereocenters. The van der Waals surface area contributed by atoms with Gasteiger partial charge in [-0.15, -0.1) is 0 Å². The number of amides is 1. The Labute approximate surface area is 129 Å². The Morgan fingerprint density at radius 2 is 2.27 bits per heavy atom. The van der Waals surface area contributed by atoms with Gasteiger partial charge in [0.1, 0.15) is 5.75 Å². The van der Waals surface area contributed by atoms with Gasteiger partial charge in [-0.3, -0.25) is 9.78 Å². The third-order valence-corrected chi connectivity index (χ3v) is 4.22. The van der Waals surface area contributed by atoms with Crippen LogP contribution in [0.1, 0.15) is 28.9 Å². The molecule has 2 aromatic rings. The quantitative estimate of drug-likeness (QED) is 0.943. The van der Waals surface area contributed by atoms with Crippen LogP contribution in [0.25, 0.3) is 10.9 Å². The number of aliphatic hydroxyl groups excluding tert-OH is 1. The first-order chi connectivity index (χ1) is 10.6. The van der Waals surface area contributed by atoms with Crippen molar-refractivity contribution >= 4 is 16.8 Å². The van der Waals surface area contributed by atoms with E-state index in [0.29, 0.717) is 12.1 Å². The minimum absolute atomic E-state index is 0.0154. The molecule has 116 valence electrons. The molecule has 1 amide bonds. The number of fused-ring (bicyclic) bond motifs is 1. The third-order valence-electron chi connectivity index (χ3n) is 4.22. The van der Waals surface area contributed by atoms with Crippen LogP contribution in [0.3, 0.4) is 0 Å². The van der Waals surface area contributed by atoms with Crippen LogP contribution in [-0.2, 0) is 0 Å². The Kier molecular flexibility index (Phi) is 3.98. The summed E-state index contributed by atoms with van der Waals surface area (Å²) in [6.07, 6.45) is 1.80. The number of carbonyl (C=O) groups is 1. The van der Waals surface area contributed by atoms with Gasteiger partial charge in [0.25, 0.3) is 5.91 Å². The number of ether oxygens (including phenoxy) is 1. The van der Waals surface area contributed by atoms with Gasteiger partial charge in [0.15, 0.2) is 0 Å². The maximum atomic E-state index is 12.9. The van der Waals surface area contributed by atoms with Gasteiger partial charge >= 0.3 is 0 Å². The molecule has 0 spiro atoms. The van der Waals surface area contributed by atoms with Gasteiger partial charge in [-0.2, -0.15) is 0 Å². The number of aryl methyl sites for hydroxylation is 1. The van der Waals surface area contributed by atoms with Gasteiger partial charge in [0.2, 0.25) is 0 Å². The highest BCUT2D eigenvalue weighted by Crippen LogP contribution is 2.27. The lowest BCUT2D eigenvalue weighted by molar-refractivity contribution is 0.0679. The summed E-state index contributed by atoms with van der Waals surface area (Å²) in [4.78, 5) is 19.2. The second kappa shape index (κ2) is 5.93. The Bertz CT molecular complexity index is 714. The van der Waals surface area contributed by atoms with E-state index in [2.05, 4.69) is 4.98 Å². The summed E-state index contributed by atoms with van der Waals surface area (Å²) in [5, 5.41) is 10.3. The lowest BCUT2D eigenvalue weighted by atomic mass is 10.1. The van der Waals surface area contributed by atoms with Gasteiger partial charge < -0.3 is 14.7 Å². The van der Waals surface area contributed by atoms with Crippen molar-refractivity contribution in [3.63, 3.8) is 0 Å². The molecule has 3 rings (SSSR count). The van der Waals surface area contributed by atoms with Gasteiger partial charge in [0, 0.05) is 23.7 Å². The molecule has 1 aliphatic rings. The first-order valence-corrected chi connectivity index (χ1v) is 7.51. The van der Waals surface area contributed by atoms with Crippen LogP contribution in [0.5, 0.6) is 5.75 Å². The minimum atomic E-state index is -0.0748. The number of pyridine rings is 1. The first kappa shape index (κ1) is 14.8. The summed E-state index contributed by atoms with van der Waals surface area (Å²) in [6.45, 7) is 2.59. The summed E-state index contributed by atoms with van der Waals surface area (Å²) < 4.78 is 5.23. The molecule has 0 bridgehead atoms. The molecule has 1 aliphatic heterocycles. The van der Waals surface area contributed by atoms with Gasteiger partial charge in [-0.1, -0.05) is 0 Å². The summed E-state index contributed by atoms with van der Waals surface area (Å²) >= 11 is 0. The maximum Gasteiger partial charge on any atom is 0.254 e. The molecule has 0 aliphatic carbocycles. The average Bonchev–Trinajstić information content (AvgIpc) is 3.01. The lowest BCUT2D eigenvalue weighted by Crippen LogP contribution is -2.37. The average molecular weight is 300 g/mol. The van der Waals surface area contributed by atoms with Crippen LogP contribution in [-0.4, -0.2) is 47.2 Å². The zero-order valence-electron chi connectivity index (χ0n) is 12.9. The van der Waals surface area contributed by atoms with Crippen molar-refractivity contribution in [2.75, 3.05) is 20.3 Å². The molecule has 1 fully saturated rings. The maximum absolute atomic E-state index is 12.9. The standard InChI is InChI=1S/C17H20N2O3/c1-11-8-15(17(21)19-7-3-4-12(19)10-20)14-6-5-13(22-2)9-16(14)18-11/h5-6,8-9,12,20H,3-4,7,10H2,1-2H3/t12-/m0/s1. The number of likely N-dealkylation sites (tertiary alicyclic amines) is 1. The van der Waals surface area contributed by atoms with Crippen molar-refractivity contribution in [3.8, 4) is 5.75 Å². The molecule has 5 nitrogen and oxygen atoms in total. The predicted molar refractivity (Wildman–Crippen MR) is 84.2 cm³/mol. The van der Waals surface area contributed by atoms with Crippen LogP contribution in [0.15, 0.2) is 24.3 Å². The zero-order valence-corrected chi connectivity index (χ0v) is 12.9. The minimum Gasteiger partial charge on any atom is -0.497 e. The number of aliphatic hydroxyl groups is 1. The van der Waals surface area contributed by atoms with E-state index >= 15 is 0 Å². The molecule has 0 radical (unpaired) electrons. The molecule has 22 heavy (non-hydrogen) atoms. The molecule has 1 aromatic heterocycles. The monoisotopic (exact) mass is 300 g/mol. The number of benzene rings is 1. The first-order valence-electron chi connectivity index (χ1n) is 7.51. The van der Waals surface area contributed by atoms with E-state index in [1.807, 2.05) is 31.2 Å². The summed E-state index contributed by atoms with van der Waals surface area (Å²) in [5.41, 5.74) is 2.19. The lowest BCUT2D eigenvalue weighted by Gasteiger charge is -2.23. The van der Waals surface area contributed by atoms with E-state index in [1.54, 1.807) is 12.0 Å². The van der Waals surface area contributed by atoms with Gasteiger partial charge in [0.05, 0.1) is 30.8 Å². The van der Waals surface area contributed by atoms with Crippen molar-refractivity contribution in [2.45, 2.75) is 25.8 Å². The second-order valence-electron chi connectivity index (χ2n) is 5.67. The third kappa shape index (κ3) is 2.52. The van der Waals surface area contributed by atoms with Gasteiger partial charge in [-0.25, -0.2) is 0 Å². The van der Waals surface area contributed by atoms with Crippen molar-refractivity contribution in [1.29, 1.82) is 0 Å². The molecular weight excluding hydrogens is 280 g/mol. The van der Waals surface area contributed by atoms with Crippen LogP contribution in [0.2, 0.25) is 0 Å². The highest BCUT2D eigenvalue weighted by Gasteiger charge is 2.29. The molecule has 1 N–H and O–H groups in total. The number of carbonyl (C=O) groups excluding carboxylic acids is 1. The van der Waals surface area contributed by atoms with Crippen molar-refractivity contribution < 1.29 is 14.6 Å². The van der Waals surface area contributed by atoms with Crippen molar-refractivity contribution in [2.24, 2.45) is 0 Å². The highest BCUT2D eigenvalue weighted by atomic mass is 16.5. The fourth-order valence-electron chi connectivity index (χ4n) is 3.09. The number of aromatic nitrogens is 1. The molecule has 5 heteroatoms. The molecule has 1 atom stereocenters. The number of hydrogen-bond donors (Lipinski definition) is 1. The normalized spacial score (nSPS) is 18.0. The van der Waals surface area contributed by atoms with Crippen LogP contribution < -0.4 is 4.74 Å². The number of rotatable bonds is 3. The summed E-state index contributed by atoms with van der Waals surface area (Å²) in [7, 11) is 1.61. The highest BCUT2D eigenvalue weighted by molar-refractivity contribution is 6.06. The molecular formula is C17H20N2O3. The fourth-order valence-corrected chi connectivity index (χ4v) is 3.09. The van der Waals surface area contributed by atoms with E-state index in [1.165, 1.54) is 0 Å². The Balaban J connectivity index is 2.07. The Morgan fingerprint density at radius 3 is 3.00 bits per heavy atom. The largest absolute Gasteiger partial charge is 0.497 e. The van der Waals surface area contributed by atoms with Crippen LogP contribution in [0.4, 0.5) is 0 Å². The van der Waals surface area contributed by atoms with E-state index in [0.717, 1.165) is 35.2 Å². The van der Waals surface area contributed by atoms with Crippen LogP contribution in [0, 0.1) is 6.92 Å². The molecule has 2 heterocycles. The summed E-state index contributed by atoms with van der Waals surface area (Å²) in [5.74, 6) is 0.690. The van der Waals surface area contributed by atoms with E-state index in [9.17, 15) is 9.90 Å². The fraction of sp³-hybridized carbons (Fsp3) is 0.412. The second-order valence-corrected chi connectivity index (χ2v) is 5.67. The number of hydrogen-bond acceptors (Lipinski definition) is 4. The Morgan fingerprint density at radius 1 is 1.45 bits per heavy atom. The van der Waals surface area contributed by atoms with Gasteiger partial charge in [-0.05, 0) is 38.0 Å². The Hall–Kier alpha value is -2.14. The molecule has 0 saturated carbocycles. The predicted octanol–water partition coefficient (Wildman–Crippen LogP) is 2.15. The number of methoxy groups -OCH3 is 1. The van der Waals surface area contributed by atoms with Crippen LogP contribution >= 0.6 is 0 Å². The van der Waals surface area contributed by atoms with E-state index in [-0.39, 0.29) is 18.6 Å². The molecule has 1 aromatic carbocycles. The van der Waals surface area contributed by atoms with Crippen molar-refractivity contribution in [1.82, 2.24) is 9.88 Å². The number of nitrogens with zero attached hydrogens (tertiary/aromatic N) is 2. The zero-order chi connectivity index (χ0) is 15.7. The molecule has 1 saturated heterocycles. The van der Waals surface area contributed by atoms with E-state index < -0.39 is 0 Å². The SMILES string of the molecule is COc1ccc2c(C(=O)N3CCC[C@H]3CO)cc(C)nc2c1. The summed E-state index contributed by atoms with van der Waals surface area (Å²) in [6, 6.07) is 7.30. The topological polar surface area (TPSA) is 62.7 Å². The smallest absolute Gasteiger partial charge is 0.254 e. The van der Waals surface area contributed by atoms with Crippen molar-refractivity contribution in [3.05, 3.63) is 35.5 Å².